The Hall–Kier alpha value is -3.84. The maximum atomic E-state index is 12.5. The molecule has 1 saturated carbocycles. The summed E-state index contributed by atoms with van der Waals surface area (Å²) in [4.78, 5) is 26.3. The van der Waals surface area contributed by atoms with Gasteiger partial charge in [0.15, 0.2) is 0 Å². The van der Waals surface area contributed by atoms with E-state index in [4.69, 9.17) is 15.2 Å². The van der Waals surface area contributed by atoms with Gasteiger partial charge in [-0.2, -0.15) is 15.0 Å². The first-order valence-electron chi connectivity index (χ1n) is 14.9. The van der Waals surface area contributed by atoms with Gasteiger partial charge in [-0.25, -0.2) is 0 Å². The molecule has 2 aromatic carbocycles. The molecule has 1 aliphatic carbocycles. The van der Waals surface area contributed by atoms with Crippen molar-refractivity contribution in [1.29, 1.82) is 0 Å². The molecule has 4 rings (SSSR count). The molecule has 0 bridgehead atoms. The van der Waals surface area contributed by atoms with Crippen molar-refractivity contribution >= 4 is 23.8 Å². The Balaban J connectivity index is 1.30. The summed E-state index contributed by atoms with van der Waals surface area (Å²) >= 11 is 0. The maximum absolute atomic E-state index is 12.5. The number of hydrogen-bond donors (Lipinski definition) is 6. The standard InChI is InChI=1S/C31H44N8O4/c1-22-2-4-23(5-3-22)20-34-29-37-30(39-31(38-29)36-26-10-12-27(40)13-11-26)35-21-24-6-8-25(9-7-24)28(41)33-15-17-43-19-18-42-16-14-32/h2-9,26-27,40H,10-21,32H2,1H3,(H,33,41)(H3,34,35,36,37,38,39). The van der Waals surface area contributed by atoms with E-state index in [1.165, 1.54) is 5.56 Å². The van der Waals surface area contributed by atoms with Gasteiger partial charge in [0.2, 0.25) is 17.8 Å². The zero-order chi connectivity index (χ0) is 30.3. The number of carbonyl (C=O) groups excluding carboxylic acids is 1. The molecule has 0 atom stereocenters. The molecule has 12 heteroatoms. The normalized spacial score (nSPS) is 16.4. The Kier molecular flexibility index (Phi) is 12.9. The monoisotopic (exact) mass is 592 g/mol. The van der Waals surface area contributed by atoms with Gasteiger partial charge < -0.3 is 41.6 Å². The molecule has 0 aliphatic heterocycles. The number of nitrogens with two attached hydrogens (primary N) is 1. The summed E-state index contributed by atoms with van der Waals surface area (Å²) in [6, 6.07) is 15.9. The molecule has 1 aromatic heterocycles. The molecule has 3 aromatic rings. The van der Waals surface area contributed by atoms with Crippen LogP contribution in [0, 0.1) is 6.92 Å². The average molecular weight is 593 g/mol. The van der Waals surface area contributed by atoms with Crippen LogP contribution in [0.3, 0.4) is 0 Å². The van der Waals surface area contributed by atoms with E-state index in [2.05, 4.69) is 67.4 Å². The fraction of sp³-hybridized carbons (Fsp3) is 0.484. The Bertz CT molecular complexity index is 1250. The summed E-state index contributed by atoms with van der Waals surface area (Å²) < 4.78 is 10.7. The number of carbonyl (C=O) groups is 1. The van der Waals surface area contributed by atoms with Gasteiger partial charge >= 0.3 is 0 Å². The average Bonchev–Trinajstić information content (AvgIpc) is 3.02. The summed E-state index contributed by atoms with van der Waals surface area (Å²) in [5.74, 6) is 1.24. The van der Waals surface area contributed by atoms with Crippen molar-refractivity contribution in [2.75, 3.05) is 55.5 Å². The first-order valence-corrected chi connectivity index (χ1v) is 14.9. The van der Waals surface area contributed by atoms with Crippen molar-refractivity contribution in [1.82, 2.24) is 20.3 Å². The molecule has 1 amide bonds. The highest BCUT2D eigenvalue weighted by molar-refractivity contribution is 5.94. The van der Waals surface area contributed by atoms with Crippen LogP contribution < -0.4 is 27.0 Å². The number of anilines is 3. The Morgan fingerprint density at radius 3 is 1.98 bits per heavy atom. The fourth-order valence-electron chi connectivity index (χ4n) is 4.59. The number of aryl methyl sites for hydroxylation is 1. The second-order valence-corrected chi connectivity index (χ2v) is 10.6. The molecule has 1 fully saturated rings. The molecule has 43 heavy (non-hydrogen) atoms. The lowest BCUT2D eigenvalue weighted by Crippen LogP contribution is -2.29. The van der Waals surface area contributed by atoms with Crippen LogP contribution in [0.15, 0.2) is 48.5 Å². The Morgan fingerprint density at radius 1 is 0.814 bits per heavy atom. The summed E-state index contributed by atoms with van der Waals surface area (Å²) in [6.07, 6.45) is 3.01. The smallest absolute Gasteiger partial charge is 0.251 e. The molecule has 232 valence electrons. The van der Waals surface area contributed by atoms with Crippen molar-refractivity contribution in [2.24, 2.45) is 5.73 Å². The van der Waals surface area contributed by atoms with E-state index >= 15 is 0 Å². The van der Waals surface area contributed by atoms with E-state index < -0.39 is 0 Å². The number of rotatable bonds is 17. The topological polar surface area (TPSA) is 169 Å². The molecule has 0 saturated heterocycles. The molecule has 1 heterocycles. The number of nitrogens with zero attached hydrogens (tertiary/aromatic N) is 3. The van der Waals surface area contributed by atoms with Gasteiger partial charge in [-0.15, -0.1) is 0 Å². The number of aliphatic hydroxyl groups is 1. The molecule has 0 spiro atoms. The predicted molar refractivity (Wildman–Crippen MR) is 167 cm³/mol. The summed E-state index contributed by atoms with van der Waals surface area (Å²) in [7, 11) is 0. The minimum atomic E-state index is -0.232. The molecular formula is C31H44N8O4. The third-order valence-electron chi connectivity index (χ3n) is 7.07. The lowest BCUT2D eigenvalue weighted by molar-refractivity contribution is 0.0511. The molecule has 0 unspecified atom stereocenters. The third-order valence-corrected chi connectivity index (χ3v) is 7.07. The van der Waals surface area contributed by atoms with E-state index in [1.54, 1.807) is 12.1 Å². The van der Waals surface area contributed by atoms with Crippen molar-refractivity contribution in [3.8, 4) is 0 Å². The fourth-order valence-corrected chi connectivity index (χ4v) is 4.59. The first-order chi connectivity index (χ1) is 21.0. The van der Waals surface area contributed by atoms with E-state index in [-0.39, 0.29) is 18.1 Å². The van der Waals surface area contributed by atoms with Crippen molar-refractivity contribution in [2.45, 2.75) is 57.8 Å². The highest BCUT2D eigenvalue weighted by Crippen LogP contribution is 2.22. The van der Waals surface area contributed by atoms with Crippen LogP contribution >= 0.6 is 0 Å². The molecule has 12 nitrogen and oxygen atoms in total. The van der Waals surface area contributed by atoms with Crippen molar-refractivity contribution in [3.63, 3.8) is 0 Å². The molecule has 0 radical (unpaired) electrons. The predicted octanol–water partition coefficient (Wildman–Crippen LogP) is 2.84. The summed E-state index contributed by atoms with van der Waals surface area (Å²) in [6.45, 7) is 5.89. The maximum Gasteiger partial charge on any atom is 0.251 e. The number of nitrogens with one attached hydrogen (secondary N) is 4. The lowest BCUT2D eigenvalue weighted by atomic mass is 9.93. The van der Waals surface area contributed by atoms with Crippen molar-refractivity contribution < 1.29 is 19.4 Å². The highest BCUT2D eigenvalue weighted by atomic mass is 16.5. The van der Waals surface area contributed by atoms with E-state index in [0.717, 1.165) is 36.8 Å². The Labute approximate surface area is 253 Å². The minimum Gasteiger partial charge on any atom is -0.393 e. The van der Waals surface area contributed by atoms with Crippen LogP contribution in [-0.4, -0.2) is 77.6 Å². The van der Waals surface area contributed by atoms with E-state index in [9.17, 15) is 9.90 Å². The van der Waals surface area contributed by atoms with Crippen molar-refractivity contribution in [3.05, 3.63) is 70.8 Å². The summed E-state index contributed by atoms with van der Waals surface area (Å²) in [5.41, 5.74) is 9.25. The lowest BCUT2D eigenvalue weighted by Gasteiger charge is -2.26. The second kappa shape index (κ2) is 17.3. The Morgan fingerprint density at radius 2 is 1.37 bits per heavy atom. The van der Waals surface area contributed by atoms with Crippen LogP contribution in [0.5, 0.6) is 0 Å². The molecule has 1 aliphatic rings. The number of aromatic nitrogens is 3. The number of benzene rings is 2. The van der Waals surface area contributed by atoms with Gasteiger partial charge in [0.25, 0.3) is 5.91 Å². The number of aliphatic hydroxyl groups excluding tert-OH is 1. The molecular weight excluding hydrogens is 548 g/mol. The first kappa shape index (κ1) is 32.1. The molecule has 7 N–H and O–H groups in total. The number of ether oxygens (including phenoxy) is 2. The van der Waals surface area contributed by atoms with Crippen LogP contribution in [0.2, 0.25) is 0 Å². The zero-order valence-electron chi connectivity index (χ0n) is 24.8. The number of amides is 1. The van der Waals surface area contributed by atoms with Gasteiger partial charge in [-0.3, -0.25) is 4.79 Å². The minimum absolute atomic E-state index is 0.157. The summed E-state index contributed by atoms with van der Waals surface area (Å²) in [5, 5.41) is 22.8. The second-order valence-electron chi connectivity index (χ2n) is 10.6. The van der Waals surface area contributed by atoms with Gasteiger partial charge in [0, 0.05) is 37.8 Å². The quantitative estimate of drug-likeness (QED) is 0.128. The van der Waals surface area contributed by atoms with Gasteiger partial charge in [0.1, 0.15) is 0 Å². The number of hydrogen-bond acceptors (Lipinski definition) is 11. The van der Waals surface area contributed by atoms with Gasteiger partial charge in [0.05, 0.1) is 32.5 Å². The van der Waals surface area contributed by atoms with Gasteiger partial charge in [-0.1, -0.05) is 42.0 Å². The SMILES string of the molecule is Cc1ccc(CNc2nc(NCc3ccc(C(=O)NCCOCCOCCN)cc3)nc(NC3CCC(O)CC3)n2)cc1. The van der Waals surface area contributed by atoms with Crippen LogP contribution in [0.25, 0.3) is 0 Å². The largest absolute Gasteiger partial charge is 0.393 e. The highest BCUT2D eigenvalue weighted by Gasteiger charge is 2.20. The van der Waals surface area contributed by atoms with Crippen LogP contribution in [-0.2, 0) is 22.6 Å². The van der Waals surface area contributed by atoms with Crippen LogP contribution in [0.4, 0.5) is 17.8 Å². The van der Waals surface area contributed by atoms with E-state index in [0.29, 0.717) is 76.0 Å². The zero-order valence-corrected chi connectivity index (χ0v) is 24.8. The van der Waals surface area contributed by atoms with Gasteiger partial charge in [-0.05, 0) is 55.9 Å². The van der Waals surface area contributed by atoms with Crippen LogP contribution in [0.1, 0.15) is 52.7 Å². The third kappa shape index (κ3) is 11.4. The van der Waals surface area contributed by atoms with E-state index in [1.807, 2.05) is 12.1 Å².